The molecule has 2 atom stereocenters. The third-order valence-corrected chi connectivity index (χ3v) is 14.9. The summed E-state index contributed by atoms with van der Waals surface area (Å²) in [6.45, 7) is 8.24. The smallest absolute Gasteiger partial charge is 0.326 e. The van der Waals surface area contributed by atoms with E-state index < -0.39 is 18.4 Å². The Labute approximate surface area is 373 Å². The first kappa shape index (κ1) is 45.3. The number of rotatable bonds is 18. The van der Waals surface area contributed by atoms with Gasteiger partial charge in [0.25, 0.3) is 11.6 Å². The number of nitrogens with one attached hydrogen (secondary N) is 2. The average molecular weight is 897 g/mol. The van der Waals surface area contributed by atoms with E-state index in [0.29, 0.717) is 22.0 Å². The lowest BCUT2D eigenvalue weighted by atomic mass is 9.99. The van der Waals surface area contributed by atoms with Gasteiger partial charge in [0.15, 0.2) is 0 Å². The molecule has 5 aromatic rings. The van der Waals surface area contributed by atoms with Crippen LogP contribution in [0.2, 0.25) is 5.02 Å². The first-order chi connectivity index (χ1) is 30.1. The van der Waals surface area contributed by atoms with E-state index in [1.54, 1.807) is 36.9 Å². The van der Waals surface area contributed by atoms with E-state index in [4.69, 9.17) is 16.1 Å². The van der Waals surface area contributed by atoms with Crippen molar-refractivity contribution in [2.24, 2.45) is 0 Å². The number of nitrogens with zero attached hydrogens (tertiary/aromatic N) is 4. The molecule has 1 unspecified atom stereocenters. The van der Waals surface area contributed by atoms with Crippen molar-refractivity contribution >= 4 is 59.2 Å². The molecule has 2 heterocycles. The van der Waals surface area contributed by atoms with Crippen LogP contribution < -0.4 is 20.6 Å². The van der Waals surface area contributed by atoms with Crippen molar-refractivity contribution in [3.05, 3.63) is 148 Å². The maximum Gasteiger partial charge on any atom is 0.326 e. The lowest BCUT2D eigenvalue weighted by Crippen LogP contribution is -2.46. The second kappa shape index (κ2) is 21.6. The molecule has 1 amide bonds. The highest BCUT2D eigenvalue weighted by Crippen LogP contribution is 2.43. The van der Waals surface area contributed by atoms with E-state index in [2.05, 4.69) is 61.5 Å². The number of piperidine rings is 1. The highest BCUT2D eigenvalue weighted by Gasteiger charge is 2.32. The van der Waals surface area contributed by atoms with Gasteiger partial charge in [-0.15, -0.1) is 11.8 Å². The van der Waals surface area contributed by atoms with Gasteiger partial charge in [-0.1, -0.05) is 66.2 Å². The van der Waals surface area contributed by atoms with Crippen molar-refractivity contribution in [2.75, 3.05) is 68.4 Å². The normalized spacial score (nSPS) is 16.7. The van der Waals surface area contributed by atoms with Crippen LogP contribution in [0.3, 0.4) is 0 Å². The number of carbonyl (C=O) groups excluding carboxylic acids is 1. The van der Waals surface area contributed by atoms with Crippen LogP contribution in [0.5, 0.6) is 0 Å². The van der Waals surface area contributed by atoms with Crippen molar-refractivity contribution in [1.29, 1.82) is 0 Å². The molecule has 0 bridgehead atoms. The predicted molar refractivity (Wildman–Crippen MR) is 251 cm³/mol. The van der Waals surface area contributed by atoms with Gasteiger partial charge in [0.1, 0.15) is 5.69 Å². The van der Waals surface area contributed by atoms with Crippen molar-refractivity contribution in [2.45, 2.75) is 49.8 Å². The zero-order valence-corrected chi connectivity index (χ0v) is 37.4. The molecule has 15 heteroatoms. The summed E-state index contributed by atoms with van der Waals surface area (Å²) in [6, 6.07) is 37.7. The number of aliphatic hydroxyl groups is 1. The van der Waals surface area contributed by atoms with Gasteiger partial charge in [-0.25, -0.2) is 0 Å². The van der Waals surface area contributed by atoms with Gasteiger partial charge in [-0.2, -0.15) is 0 Å². The van der Waals surface area contributed by atoms with Crippen molar-refractivity contribution in [3.8, 4) is 11.1 Å². The Kier molecular flexibility index (Phi) is 15.8. The van der Waals surface area contributed by atoms with Crippen LogP contribution in [0.1, 0.15) is 42.1 Å². The molecule has 3 N–H and O–H groups in total. The Morgan fingerprint density at radius 2 is 1.60 bits per heavy atom. The first-order valence-corrected chi connectivity index (χ1v) is 24.2. The molecule has 2 fully saturated rings. The fourth-order valence-corrected chi connectivity index (χ4v) is 10.7. The molecule has 0 saturated carbocycles. The minimum Gasteiger partial charge on any atom is -0.393 e. The van der Waals surface area contributed by atoms with E-state index in [1.807, 2.05) is 54.6 Å². The molecule has 2 saturated heterocycles. The van der Waals surface area contributed by atoms with E-state index >= 15 is 0 Å². The number of halogens is 1. The number of anilines is 2. The third-order valence-electron chi connectivity index (χ3n) is 11.4. The predicted octanol–water partition coefficient (Wildman–Crippen LogP) is 8.94. The van der Waals surface area contributed by atoms with Crippen LogP contribution >= 0.6 is 30.9 Å². The number of nitro groups is 1. The molecule has 12 nitrogen and oxygen atoms in total. The summed E-state index contributed by atoms with van der Waals surface area (Å²) in [5, 5.41) is 29.3. The Balaban J connectivity index is 0.987. The lowest BCUT2D eigenvalue weighted by molar-refractivity contribution is -0.383. The van der Waals surface area contributed by atoms with Crippen LogP contribution in [0.4, 0.5) is 17.1 Å². The topological polar surface area (TPSA) is 141 Å². The molecule has 0 aliphatic carbocycles. The Hall–Kier alpha value is -4.72. The van der Waals surface area contributed by atoms with E-state index in [-0.39, 0.29) is 29.7 Å². The zero-order chi connectivity index (χ0) is 43.5. The summed E-state index contributed by atoms with van der Waals surface area (Å²) in [6.07, 6.45) is 1.91. The first-order valence-electron chi connectivity index (χ1n) is 21.2. The van der Waals surface area contributed by atoms with Gasteiger partial charge in [0.05, 0.1) is 22.9 Å². The minimum atomic E-state index is -4.09. The number of benzene rings is 5. The van der Waals surface area contributed by atoms with Crippen LogP contribution in [0.15, 0.2) is 126 Å². The zero-order valence-electron chi connectivity index (χ0n) is 34.9. The van der Waals surface area contributed by atoms with Crippen LogP contribution in [0.25, 0.3) is 11.1 Å². The highest BCUT2D eigenvalue weighted by atomic mass is 35.5. The number of hydrogen-bond acceptors (Lipinski definition) is 11. The quantitative estimate of drug-likeness (QED) is 0.0336. The summed E-state index contributed by atoms with van der Waals surface area (Å²) >= 11 is 7.81. The van der Waals surface area contributed by atoms with Gasteiger partial charge < -0.3 is 24.7 Å². The number of piperazine rings is 1. The van der Waals surface area contributed by atoms with Crippen LogP contribution in [-0.2, 0) is 15.6 Å². The summed E-state index contributed by atoms with van der Waals surface area (Å²) in [4.78, 5) is 33.8. The van der Waals surface area contributed by atoms with E-state index in [9.17, 15) is 24.6 Å². The Morgan fingerprint density at radius 1 is 0.903 bits per heavy atom. The number of hydrogen-bond donors (Lipinski definition) is 3. The summed E-state index contributed by atoms with van der Waals surface area (Å²) in [5.41, 5.74) is 4.89. The number of amides is 1. The number of carbonyl (C=O) groups is 1. The second-order valence-corrected chi connectivity index (χ2v) is 19.3. The average Bonchev–Trinajstić information content (AvgIpc) is 3.29. The standard InChI is InChI=1S/C47H54ClN6O6PS/c1-2-60-61(59,42-20-21-45(46(32-42)54(57)58)49-39(34-62-43-9-4-3-5-10-43)22-25-51-26-23-41(55)24-27-51)50-47(56)36-14-18-40(19-15-36)53-30-28-52(29-31-53)33-37-8-6-7-11-44(37)35-12-16-38(48)17-13-35/h3-21,32,39,41,49,55H,2,22-31,33-34H2,1H3,(H,50,56,59)/t39-,61?/m1/s1. The summed E-state index contributed by atoms with van der Waals surface area (Å²) in [5.74, 6) is 0.0496. The van der Waals surface area contributed by atoms with E-state index in [0.717, 1.165) is 87.8 Å². The monoisotopic (exact) mass is 896 g/mol. The number of thioether (sulfide) groups is 1. The summed E-state index contributed by atoms with van der Waals surface area (Å²) in [7, 11) is -4.09. The van der Waals surface area contributed by atoms with Gasteiger partial charge in [0, 0.05) is 91.4 Å². The molecule has 326 valence electrons. The van der Waals surface area contributed by atoms with Gasteiger partial charge >= 0.3 is 7.52 Å². The number of nitro benzene ring substituents is 1. The molecular formula is C47H54ClN6O6PS. The molecule has 5 aromatic carbocycles. The molecular weight excluding hydrogens is 843 g/mol. The van der Waals surface area contributed by atoms with Crippen molar-refractivity contribution < 1.29 is 23.9 Å². The minimum absolute atomic E-state index is 0.00922. The van der Waals surface area contributed by atoms with Gasteiger partial charge in [-0.3, -0.25) is 29.5 Å². The maximum atomic E-state index is 14.4. The molecule has 2 aliphatic rings. The fraction of sp³-hybridized carbons (Fsp3) is 0.340. The Morgan fingerprint density at radius 3 is 2.29 bits per heavy atom. The largest absolute Gasteiger partial charge is 0.393 e. The maximum absolute atomic E-state index is 14.4. The van der Waals surface area contributed by atoms with Crippen LogP contribution in [-0.4, -0.2) is 96.1 Å². The highest BCUT2D eigenvalue weighted by molar-refractivity contribution is 7.99. The molecule has 0 radical (unpaired) electrons. The molecule has 0 aromatic heterocycles. The second-order valence-electron chi connectivity index (χ2n) is 15.7. The summed E-state index contributed by atoms with van der Waals surface area (Å²) < 4.78 is 20.1. The fourth-order valence-electron chi connectivity index (χ4n) is 7.94. The molecule has 0 spiro atoms. The van der Waals surface area contributed by atoms with Crippen LogP contribution in [0, 0.1) is 10.1 Å². The molecule has 7 rings (SSSR count). The molecule has 62 heavy (non-hydrogen) atoms. The van der Waals surface area contributed by atoms with Crippen molar-refractivity contribution in [3.63, 3.8) is 0 Å². The SMILES string of the molecule is CCOP(=O)(NC(=O)c1ccc(N2CCN(Cc3ccccc3-c3ccc(Cl)cc3)CC2)cc1)c1ccc(N[C@H](CCN2CCC(O)CC2)CSc2ccccc2)c([N+](=O)[O-])c1. The van der Waals surface area contributed by atoms with Gasteiger partial charge in [0.2, 0.25) is 0 Å². The van der Waals surface area contributed by atoms with Gasteiger partial charge in [-0.05, 0) is 104 Å². The van der Waals surface area contributed by atoms with E-state index in [1.165, 1.54) is 23.3 Å². The Bertz CT molecular complexity index is 2310. The molecule has 2 aliphatic heterocycles. The number of aliphatic hydroxyl groups excluding tert-OH is 1. The number of likely N-dealkylation sites (tertiary alicyclic amines) is 1. The third kappa shape index (κ3) is 12.0. The van der Waals surface area contributed by atoms with Crippen molar-refractivity contribution in [1.82, 2.24) is 14.9 Å². The lowest BCUT2D eigenvalue weighted by Gasteiger charge is -2.36.